The zero-order valence-electron chi connectivity index (χ0n) is 16.1. The van der Waals surface area contributed by atoms with Gasteiger partial charge in [-0.2, -0.15) is 0 Å². The normalized spacial score (nSPS) is 12.1. The second-order valence-corrected chi connectivity index (χ2v) is 8.30. The summed E-state index contributed by atoms with van der Waals surface area (Å²) in [5.74, 6) is 0.222. The molecule has 9 heteroatoms. The van der Waals surface area contributed by atoms with Crippen LogP contribution in [0, 0.1) is 6.92 Å². The van der Waals surface area contributed by atoms with Crippen molar-refractivity contribution in [2.45, 2.75) is 19.6 Å². The number of fused-ring (bicyclic) bond motifs is 1. The Kier molecular flexibility index (Phi) is 5.98. The summed E-state index contributed by atoms with van der Waals surface area (Å²) in [6.45, 7) is 1.86. The Balaban J connectivity index is 1.59. The van der Waals surface area contributed by atoms with Crippen LogP contribution in [-0.4, -0.2) is 32.0 Å². The van der Waals surface area contributed by atoms with Crippen molar-refractivity contribution in [3.05, 3.63) is 81.2 Å². The van der Waals surface area contributed by atoms with Gasteiger partial charge >= 0.3 is 0 Å². The number of nitrogens with one attached hydrogen (secondary N) is 1. The smallest absolute Gasteiger partial charge is 0.270 e. The highest BCUT2D eigenvalue weighted by Crippen LogP contribution is 2.25. The van der Waals surface area contributed by atoms with Gasteiger partial charge in [0.15, 0.2) is 15.9 Å². The minimum absolute atomic E-state index is 0.211. The van der Waals surface area contributed by atoms with Gasteiger partial charge in [0.1, 0.15) is 12.3 Å². The molecule has 7 nitrogen and oxygen atoms in total. The molecule has 0 spiro atoms. The Morgan fingerprint density at radius 3 is 2.80 bits per heavy atom. The van der Waals surface area contributed by atoms with Crippen molar-refractivity contribution in [3.8, 4) is 5.75 Å². The lowest BCUT2D eigenvalue weighted by Gasteiger charge is -2.17. The van der Waals surface area contributed by atoms with Crippen molar-refractivity contribution in [3.63, 3.8) is 0 Å². The minimum atomic E-state index is -0.515. The molecule has 0 radical (unpaired) electrons. The maximum atomic E-state index is 13.0. The predicted molar refractivity (Wildman–Crippen MR) is 115 cm³/mol. The fraction of sp³-hybridized carbons (Fsp3) is 0.190. The molecule has 0 bridgehead atoms. The number of hydrogen-bond donors (Lipinski definition) is 2. The van der Waals surface area contributed by atoms with E-state index in [9.17, 15) is 9.90 Å². The molecule has 4 aromatic rings. The van der Waals surface area contributed by atoms with Gasteiger partial charge < -0.3 is 15.2 Å². The van der Waals surface area contributed by atoms with E-state index in [1.807, 2.05) is 30.3 Å². The van der Waals surface area contributed by atoms with Gasteiger partial charge in [0.25, 0.3) is 5.91 Å². The molecular formula is C21H19ClN4O3S. The van der Waals surface area contributed by atoms with Crippen LogP contribution in [0.25, 0.3) is 5.65 Å². The Morgan fingerprint density at radius 2 is 2.10 bits per heavy atom. The van der Waals surface area contributed by atoms with Gasteiger partial charge in [-0.15, -0.1) is 11.3 Å². The zero-order valence-corrected chi connectivity index (χ0v) is 17.7. The molecule has 3 aromatic heterocycles. The number of thiazole rings is 1. The number of aliphatic hydroxyl groups is 1. The number of pyridine rings is 1. The molecule has 1 atom stereocenters. The van der Waals surface area contributed by atoms with Crippen molar-refractivity contribution < 1.29 is 14.6 Å². The molecular weight excluding hydrogens is 424 g/mol. The van der Waals surface area contributed by atoms with E-state index >= 15 is 0 Å². The summed E-state index contributed by atoms with van der Waals surface area (Å²) in [6.07, 6.45) is 3.43. The van der Waals surface area contributed by atoms with E-state index in [-0.39, 0.29) is 12.5 Å². The summed E-state index contributed by atoms with van der Waals surface area (Å²) < 4.78 is 8.05. The number of hydrogen-bond acceptors (Lipinski definition) is 6. The number of nitrogens with zero attached hydrogens (tertiary/aromatic N) is 3. The number of carbonyl (C=O) groups is 1. The van der Waals surface area contributed by atoms with Crippen LogP contribution < -0.4 is 10.1 Å². The molecule has 3 heterocycles. The van der Waals surface area contributed by atoms with E-state index < -0.39 is 6.04 Å². The molecule has 154 valence electrons. The first-order valence-corrected chi connectivity index (χ1v) is 10.4. The predicted octanol–water partition coefficient (Wildman–Crippen LogP) is 3.80. The number of rotatable bonds is 7. The monoisotopic (exact) mass is 442 g/mol. The number of benzene rings is 1. The van der Waals surface area contributed by atoms with E-state index in [0.717, 1.165) is 10.4 Å². The highest BCUT2D eigenvalue weighted by atomic mass is 35.5. The number of imidazole rings is 1. The molecule has 1 amide bonds. The SMILES string of the molecule is Cc1nc2c(OCc3cnc(Cl)s3)cccn2c1C(=O)N[C@@H](CO)c1ccccc1. The first kappa shape index (κ1) is 20.3. The number of aryl methyl sites for hydroxylation is 1. The van der Waals surface area contributed by atoms with Crippen molar-refractivity contribution in [2.24, 2.45) is 0 Å². The fourth-order valence-corrected chi connectivity index (χ4v) is 4.08. The van der Waals surface area contributed by atoms with Crippen molar-refractivity contribution >= 4 is 34.5 Å². The van der Waals surface area contributed by atoms with Gasteiger partial charge in [-0.25, -0.2) is 9.97 Å². The van der Waals surface area contributed by atoms with Crippen LogP contribution in [0.4, 0.5) is 0 Å². The van der Waals surface area contributed by atoms with Gasteiger partial charge in [0.05, 0.1) is 23.2 Å². The topological polar surface area (TPSA) is 88.8 Å². The minimum Gasteiger partial charge on any atom is -0.484 e. The van der Waals surface area contributed by atoms with Crippen molar-refractivity contribution in [1.29, 1.82) is 0 Å². The molecule has 0 unspecified atom stereocenters. The van der Waals surface area contributed by atoms with Crippen LogP contribution in [0.15, 0.2) is 54.9 Å². The Labute approximate surface area is 181 Å². The van der Waals surface area contributed by atoms with E-state index in [1.165, 1.54) is 11.3 Å². The second kappa shape index (κ2) is 8.83. The fourth-order valence-electron chi connectivity index (χ4n) is 3.19. The first-order valence-electron chi connectivity index (χ1n) is 9.24. The number of carbonyl (C=O) groups excluding carboxylic acids is 1. The molecule has 0 saturated carbocycles. The van der Waals surface area contributed by atoms with Gasteiger partial charge in [0, 0.05) is 12.4 Å². The number of amides is 1. The number of ether oxygens (including phenoxy) is 1. The van der Waals surface area contributed by atoms with Gasteiger partial charge in [-0.05, 0) is 24.6 Å². The van der Waals surface area contributed by atoms with Gasteiger partial charge in [0.2, 0.25) is 0 Å². The first-order chi connectivity index (χ1) is 14.6. The summed E-state index contributed by atoms with van der Waals surface area (Å²) in [6, 6.07) is 12.4. The molecule has 30 heavy (non-hydrogen) atoms. The van der Waals surface area contributed by atoms with Crippen LogP contribution in [0.1, 0.15) is 32.7 Å². The maximum Gasteiger partial charge on any atom is 0.270 e. The number of halogens is 1. The molecule has 0 aliphatic carbocycles. The van der Waals surface area contributed by atoms with E-state index in [4.69, 9.17) is 16.3 Å². The second-order valence-electron chi connectivity index (χ2n) is 6.60. The van der Waals surface area contributed by atoms with E-state index in [1.54, 1.807) is 35.9 Å². The summed E-state index contributed by atoms with van der Waals surface area (Å²) in [5, 5.41) is 12.6. The summed E-state index contributed by atoms with van der Waals surface area (Å²) in [4.78, 5) is 22.5. The molecule has 0 saturated heterocycles. The third-order valence-corrected chi connectivity index (χ3v) is 5.68. The number of aromatic nitrogens is 3. The van der Waals surface area contributed by atoms with Crippen molar-refractivity contribution in [2.75, 3.05) is 6.61 Å². The largest absolute Gasteiger partial charge is 0.484 e. The highest BCUT2D eigenvalue weighted by Gasteiger charge is 2.22. The van der Waals surface area contributed by atoms with Crippen LogP contribution in [0.3, 0.4) is 0 Å². The Bertz CT molecular complexity index is 1180. The lowest BCUT2D eigenvalue weighted by atomic mass is 10.1. The molecule has 1 aromatic carbocycles. The number of aliphatic hydroxyl groups excluding tert-OH is 1. The third kappa shape index (κ3) is 4.16. The average Bonchev–Trinajstić information content (AvgIpc) is 3.33. The van der Waals surface area contributed by atoms with Crippen LogP contribution >= 0.6 is 22.9 Å². The van der Waals surface area contributed by atoms with Crippen LogP contribution in [0.2, 0.25) is 4.47 Å². The lowest BCUT2D eigenvalue weighted by Crippen LogP contribution is -2.32. The van der Waals surface area contributed by atoms with E-state index in [0.29, 0.717) is 33.9 Å². The van der Waals surface area contributed by atoms with Gasteiger partial charge in [-0.1, -0.05) is 41.9 Å². The van der Waals surface area contributed by atoms with Crippen LogP contribution in [-0.2, 0) is 6.61 Å². The summed E-state index contributed by atoms with van der Waals surface area (Å²) in [7, 11) is 0. The molecule has 0 aliphatic rings. The maximum absolute atomic E-state index is 13.0. The quantitative estimate of drug-likeness (QED) is 0.454. The standard InChI is InChI=1S/C21H19ClN4O3S/c1-13-18(20(28)25-16(11-27)14-6-3-2-4-7-14)26-9-5-8-17(19(26)24-13)29-12-15-10-23-21(22)30-15/h2-10,16,27H,11-12H2,1H3,(H,25,28)/t16-/m0/s1. The van der Waals surface area contributed by atoms with Gasteiger partial charge in [-0.3, -0.25) is 9.20 Å². The Hall–Kier alpha value is -2.94. The van der Waals surface area contributed by atoms with E-state index in [2.05, 4.69) is 15.3 Å². The molecule has 2 N–H and O–H groups in total. The summed E-state index contributed by atoms with van der Waals surface area (Å²) >= 11 is 7.21. The summed E-state index contributed by atoms with van der Waals surface area (Å²) in [5.41, 5.74) is 2.32. The Morgan fingerprint density at radius 1 is 1.30 bits per heavy atom. The van der Waals surface area contributed by atoms with Crippen LogP contribution in [0.5, 0.6) is 5.75 Å². The molecule has 0 fully saturated rings. The molecule has 0 aliphatic heterocycles. The van der Waals surface area contributed by atoms with Crippen molar-refractivity contribution in [1.82, 2.24) is 19.7 Å². The third-order valence-electron chi connectivity index (χ3n) is 4.59. The highest BCUT2D eigenvalue weighted by molar-refractivity contribution is 7.15. The molecule has 4 rings (SSSR count). The average molecular weight is 443 g/mol. The zero-order chi connectivity index (χ0) is 21.1. The lowest BCUT2D eigenvalue weighted by molar-refractivity contribution is 0.0909.